The second-order valence-electron chi connectivity index (χ2n) is 7.46. The molecular formula is C25H18N6O. The van der Waals surface area contributed by atoms with Crippen LogP contribution in [0.25, 0.3) is 55.7 Å². The largest absolute Gasteiger partial charge is 0.495 e. The molecule has 7 heteroatoms. The van der Waals surface area contributed by atoms with Crippen molar-refractivity contribution in [1.29, 1.82) is 0 Å². The van der Waals surface area contributed by atoms with Crippen LogP contribution in [-0.2, 0) is 0 Å². The Morgan fingerprint density at radius 3 is 2.59 bits per heavy atom. The Labute approximate surface area is 183 Å². The first kappa shape index (κ1) is 18.3. The Morgan fingerprint density at radius 1 is 0.781 bits per heavy atom. The molecule has 5 heterocycles. The second kappa shape index (κ2) is 7.31. The van der Waals surface area contributed by atoms with E-state index in [1.165, 1.54) is 0 Å². The molecule has 0 aliphatic rings. The van der Waals surface area contributed by atoms with Crippen LogP contribution in [0, 0.1) is 0 Å². The van der Waals surface area contributed by atoms with Crippen molar-refractivity contribution in [2.45, 2.75) is 0 Å². The Balaban J connectivity index is 1.50. The second-order valence-corrected chi connectivity index (χ2v) is 7.46. The first-order valence-corrected chi connectivity index (χ1v) is 10.2. The van der Waals surface area contributed by atoms with Gasteiger partial charge in [-0.3, -0.25) is 20.1 Å². The van der Waals surface area contributed by atoms with Crippen LogP contribution in [0.5, 0.6) is 5.75 Å². The molecule has 5 aromatic heterocycles. The van der Waals surface area contributed by atoms with Crippen molar-refractivity contribution in [3.05, 3.63) is 79.4 Å². The smallest absolute Gasteiger partial charge is 0.137 e. The minimum Gasteiger partial charge on any atom is -0.495 e. The van der Waals surface area contributed by atoms with Crippen LogP contribution >= 0.6 is 0 Å². The number of benzene rings is 1. The number of rotatable bonds is 4. The Bertz CT molecular complexity index is 1570. The van der Waals surface area contributed by atoms with Gasteiger partial charge in [-0.05, 0) is 48.0 Å². The van der Waals surface area contributed by atoms with E-state index in [0.29, 0.717) is 0 Å². The number of nitrogens with zero attached hydrogens (tertiary/aromatic N) is 4. The summed E-state index contributed by atoms with van der Waals surface area (Å²) in [5, 5.41) is 9.76. The van der Waals surface area contributed by atoms with Crippen LogP contribution in [0.4, 0.5) is 0 Å². The number of hydrogen-bond acceptors (Lipinski definition) is 5. The molecule has 32 heavy (non-hydrogen) atoms. The van der Waals surface area contributed by atoms with Crippen molar-refractivity contribution < 1.29 is 4.74 Å². The van der Waals surface area contributed by atoms with Crippen LogP contribution in [0.3, 0.4) is 0 Å². The predicted molar refractivity (Wildman–Crippen MR) is 124 cm³/mol. The molecule has 7 nitrogen and oxygen atoms in total. The highest BCUT2D eigenvalue weighted by atomic mass is 16.5. The van der Waals surface area contributed by atoms with Gasteiger partial charge in [-0.2, -0.15) is 5.10 Å². The minimum atomic E-state index is 0.722. The molecule has 0 aliphatic carbocycles. The maximum absolute atomic E-state index is 5.33. The molecule has 0 fully saturated rings. The van der Waals surface area contributed by atoms with Crippen LogP contribution in [0.2, 0.25) is 0 Å². The average Bonchev–Trinajstić information content (AvgIpc) is 3.48. The molecule has 0 radical (unpaired) electrons. The van der Waals surface area contributed by atoms with Gasteiger partial charge in [0.25, 0.3) is 0 Å². The van der Waals surface area contributed by atoms with Gasteiger partial charge in [0.15, 0.2) is 0 Å². The number of aromatic amines is 2. The third kappa shape index (κ3) is 2.99. The molecule has 0 saturated carbocycles. The van der Waals surface area contributed by atoms with E-state index in [4.69, 9.17) is 4.74 Å². The number of methoxy groups -OCH3 is 1. The van der Waals surface area contributed by atoms with Gasteiger partial charge in [0, 0.05) is 40.4 Å². The summed E-state index contributed by atoms with van der Waals surface area (Å²) in [7, 11) is 1.64. The molecule has 154 valence electrons. The normalized spacial score (nSPS) is 11.3. The molecule has 0 aliphatic heterocycles. The van der Waals surface area contributed by atoms with Gasteiger partial charge in [0.2, 0.25) is 0 Å². The van der Waals surface area contributed by atoms with E-state index in [9.17, 15) is 0 Å². The lowest BCUT2D eigenvalue weighted by molar-refractivity contribution is 0.413. The Hall–Kier alpha value is -4.52. The van der Waals surface area contributed by atoms with Gasteiger partial charge in [-0.1, -0.05) is 12.1 Å². The highest BCUT2D eigenvalue weighted by molar-refractivity contribution is 6.00. The zero-order valence-electron chi connectivity index (χ0n) is 17.2. The fourth-order valence-electron chi connectivity index (χ4n) is 3.98. The van der Waals surface area contributed by atoms with Crippen molar-refractivity contribution >= 4 is 21.8 Å². The molecule has 1 aromatic carbocycles. The Kier molecular flexibility index (Phi) is 4.18. The summed E-state index contributed by atoms with van der Waals surface area (Å²) in [6.07, 6.45) is 7.10. The number of H-pyrrole nitrogens is 2. The summed E-state index contributed by atoms with van der Waals surface area (Å²) < 4.78 is 5.33. The van der Waals surface area contributed by atoms with Crippen molar-refractivity contribution in [1.82, 2.24) is 30.1 Å². The van der Waals surface area contributed by atoms with Gasteiger partial charge in [-0.15, -0.1) is 0 Å². The summed E-state index contributed by atoms with van der Waals surface area (Å²) in [5.41, 5.74) is 7.41. The van der Waals surface area contributed by atoms with E-state index in [0.717, 1.165) is 61.5 Å². The SMILES string of the molecule is COc1cncc(-c2ccc3[nH]nc(-c4cc5c(-c6ccccn6)nccc5[nH]4)c3c2)c1. The first-order valence-electron chi connectivity index (χ1n) is 10.2. The third-order valence-electron chi connectivity index (χ3n) is 5.56. The number of pyridine rings is 3. The molecule has 0 atom stereocenters. The summed E-state index contributed by atoms with van der Waals surface area (Å²) in [6.45, 7) is 0. The molecule has 6 aromatic rings. The zero-order chi connectivity index (χ0) is 21.5. The molecular weight excluding hydrogens is 400 g/mol. The number of hydrogen-bond donors (Lipinski definition) is 2. The lowest BCUT2D eigenvalue weighted by Crippen LogP contribution is -1.86. The molecule has 2 N–H and O–H groups in total. The lowest BCUT2D eigenvalue weighted by Gasteiger charge is -2.04. The van der Waals surface area contributed by atoms with E-state index in [1.807, 2.05) is 42.6 Å². The molecule has 0 amide bonds. The molecule has 0 spiro atoms. The summed E-state index contributed by atoms with van der Waals surface area (Å²) in [4.78, 5) is 16.8. The van der Waals surface area contributed by atoms with E-state index >= 15 is 0 Å². The lowest BCUT2D eigenvalue weighted by atomic mass is 10.0. The van der Waals surface area contributed by atoms with Gasteiger partial charge >= 0.3 is 0 Å². The number of aromatic nitrogens is 6. The zero-order valence-corrected chi connectivity index (χ0v) is 17.2. The number of ether oxygens (including phenoxy) is 1. The standard InChI is InChI=1S/C25H18N6O/c1-32-17-10-16(13-26-14-17)15-5-6-21-18(11-15)25(31-30-21)23-12-19-20(29-23)7-9-28-24(19)22-4-2-3-8-27-22/h2-14,29H,1H3,(H,30,31). The topological polar surface area (TPSA) is 92.4 Å². The average molecular weight is 418 g/mol. The van der Waals surface area contributed by atoms with E-state index in [2.05, 4.69) is 48.3 Å². The van der Waals surface area contributed by atoms with Gasteiger partial charge in [-0.25, -0.2) is 0 Å². The molecule has 6 rings (SSSR count). The molecule has 0 unspecified atom stereocenters. The van der Waals surface area contributed by atoms with Crippen LogP contribution in [0.1, 0.15) is 0 Å². The summed E-state index contributed by atoms with van der Waals surface area (Å²) in [6, 6.07) is 18.1. The van der Waals surface area contributed by atoms with Crippen molar-refractivity contribution in [2.75, 3.05) is 7.11 Å². The molecule has 0 saturated heterocycles. The molecule has 0 bridgehead atoms. The summed E-state index contributed by atoms with van der Waals surface area (Å²) in [5.74, 6) is 0.722. The first-order chi connectivity index (χ1) is 15.8. The van der Waals surface area contributed by atoms with Crippen molar-refractivity contribution in [3.63, 3.8) is 0 Å². The number of nitrogens with one attached hydrogen (secondary N) is 2. The highest BCUT2D eigenvalue weighted by Gasteiger charge is 2.15. The van der Waals surface area contributed by atoms with Crippen molar-refractivity contribution in [3.8, 4) is 39.7 Å². The van der Waals surface area contributed by atoms with Crippen LogP contribution in [-0.4, -0.2) is 37.2 Å². The third-order valence-corrected chi connectivity index (χ3v) is 5.56. The minimum absolute atomic E-state index is 0.722. The van der Waals surface area contributed by atoms with Crippen LogP contribution < -0.4 is 4.74 Å². The van der Waals surface area contributed by atoms with E-state index < -0.39 is 0 Å². The van der Waals surface area contributed by atoms with Gasteiger partial charge < -0.3 is 9.72 Å². The Morgan fingerprint density at radius 2 is 1.72 bits per heavy atom. The number of fused-ring (bicyclic) bond motifs is 2. The van der Waals surface area contributed by atoms with E-state index in [-0.39, 0.29) is 0 Å². The van der Waals surface area contributed by atoms with E-state index in [1.54, 1.807) is 25.7 Å². The predicted octanol–water partition coefficient (Wildman–Crippen LogP) is 5.24. The maximum atomic E-state index is 5.33. The van der Waals surface area contributed by atoms with Gasteiger partial charge in [0.05, 0.1) is 35.9 Å². The maximum Gasteiger partial charge on any atom is 0.137 e. The van der Waals surface area contributed by atoms with Gasteiger partial charge in [0.1, 0.15) is 11.4 Å². The monoisotopic (exact) mass is 418 g/mol. The fourth-order valence-corrected chi connectivity index (χ4v) is 3.98. The highest BCUT2D eigenvalue weighted by Crippen LogP contribution is 2.34. The fraction of sp³-hybridized carbons (Fsp3) is 0.0400. The van der Waals surface area contributed by atoms with Crippen molar-refractivity contribution in [2.24, 2.45) is 0 Å². The quantitative estimate of drug-likeness (QED) is 0.408. The summed E-state index contributed by atoms with van der Waals surface area (Å²) >= 11 is 0. The van der Waals surface area contributed by atoms with Crippen LogP contribution in [0.15, 0.2) is 79.4 Å².